The van der Waals surface area contributed by atoms with Gasteiger partial charge in [0.2, 0.25) is 11.1 Å². The molecule has 1 aliphatic rings. The number of amides is 1. The number of carbonyl (C=O) groups is 1. The van der Waals surface area contributed by atoms with Crippen molar-refractivity contribution in [3.05, 3.63) is 59.7 Å². The Labute approximate surface area is 206 Å². The topological polar surface area (TPSA) is 72.7 Å². The van der Waals surface area contributed by atoms with Crippen LogP contribution in [0.4, 0.5) is 8.78 Å². The van der Waals surface area contributed by atoms with Gasteiger partial charge >= 0.3 is 0 Å². The lowest BCUT2D eigenvalue weighted by atomic mass is 9.95. The van der Waals surface area contributed by atoms with Crippen LogP contribution in [0.25, 0.3) is 22.1 Å². The Kier molecular flexibility index (Phi) is 7.22. The van der Waals surface area contributed by atoms with E-state index in [4.69, 9.17) is 4.98 Å². The Bertz CT molecular complexity index is 1340. The zero-order valence-corrected chi connectivity index (χ0v) is 20.2. The van der Waals surface area contributed by atoms with E-state index in [0.717, 1.165) is 23.9 Å². The average Bonchev–Trinajstić information content (AvgIpc) is 3.16. The van der Waals surface area contributed by atoms with Gasteiger partial charge in [-0.15, -0.1) is 10.2 Å². The van der Waals surface area contributed by atoms with E-state index in [1.807, 2.05) is 4.57 Å². The molecule has 5 rings (SSSR count). The van der Waals surface area contributed by atoms with Gasteiger partial charge in [-0.1, -0.05) is 43.2 Å². The highest BCUT2D eigenvalue weighted by atomic mass is 32.2. The van der Waals surface area contributed by atoms with Crippen molar-refractivity contribution in [2.45, 2.75) is 62.7 Å². The fourth-order valence-electron chi connectivity index (χ4n) is 4.65. The fraction of sp³-hybridized carbons (Fsp3) is 0.385. The number of benzene rings is 2. The molecular weight excluding hydrogens is 468 g/mol. The smallest absolute Gasteiger partial charge is 0.220 e. The maximum absolute atomic E-state index is 14.0. The molecule has 6 nitrogen and oxygen atoms in total. The van der Waals surface area contributed by atoms with Crippen molar-refractivity contribution in [3.8, 4) is 0 Å². The number of nitrogens with zero attached hydrogens (tertiary/aromatic N) is 4. The molecule has 1 saturated carbocycles. The van der Waals surface area contributed by atoms with Gasteiger partial charge in [0.1, 0.15) is 17.2 Å². The molecule has 2 heterocycles. The highest BCUT2D eigenvalue weighted by Gasteiger charge is 2.17. The lowest BCUT2D eigenvalue weighted by molar-refractivity contribution is -0.122. The second-order valence-electron chi connectivity index (χ2n) is 9.00. The van der Waals surface area contributed by atoms with Crippen LogP contribution in [0.1, 0.15) is 50.5 Å². The van der Waals surface area contributed by atoms with Crippen LogP contribution in [0.2, 0.25) is 0 Å². The predicted octanol–water partition coefficient (Wildman–Crippen LogP) is 5.63. The molecule has 4 aromatic rings. The van der Waals surface area contributed by atoms with Crippen molar-refractivity contribution in [1.82, 2.24) is 25.1 Å². The van der Waals surface area contributed by atoms with E-state index >= 15 is 0 Å². The Morgan fingerprint density at radius 1 is 1.03 bits per heavy atom. The molecule has 0 unspecified atom stereocenters. The Hall–Kier alpha value is -3.07. The van der Waals surface area contributed by atoms with Crippen molar-refractivity contribution < 1.29 is 13.6 Å². The van der Waals surface area contributed by atoms with Gasteiger partial charge in [0.25, 0.3) is 0 Å². The molecule has 0 atom stereocenters. The van der Waals surface area contributed by atoms with Crippen LogP contribution in [0, 0.1) is 11.6 Å². The number of halogens is 2. The monoisotopic (exact) mass is 495 g/mol. The third-order valence-electron chi connectivity index (χ3n) is 6.41. The molecule has 1 aliphatic carbocycles. The summed E-state index contributed by atoms with van der Waals surface area (Å²) in [7, 11) is 0. The summed E-state index contributed by atoms with van der Waals surface area (Å²) in [6.07, 6.45) is 7.00. The summed E-state index contributed by atoms with van der Waals surface area (Å²) >= 11 is 1.45. The number of thioether (sulfide) groups is 1. The van der Waals surface area contributed by atoms with Gasteiger partial charge in [0.05, 0.1) is 5.52 Å². The summed E-state index contributed by atoms with van der Waals surface area (Å²) in [5, 5.41) is 12.9. The first-order chi connectivity index (χ1) is 17.1. The molecule has 1 fully saturated rings. The minimum absolute atomic E-state index is 0.105. The third kappa shape index (κ3) is 5.61. The first kappa shape index (κ1) is 23.7. The van der Waals surface area contributed by atoms with Crippen molar-refractivity contribution in [2.75, 3.05) is 5.75 Å². The Morgan fingerprint density at radius 3 is 2.60 bits per heavy atom. The number of nitrogens with one attached hydrogen (secondary N) is 1. The standard InChI is InChI=1S/C26H27F2N5OS/c27-18-10-8-17(9-11-18)16-33-22-13-12-19(28)15-21(22)24-25(33)30-26(32-31-24)35-14-4-7-23(34)29-20-5-2-1-3-6-20/h8-13,15,20H,1-7,14,16H2,(H,29,34). The number of carbonyl (C=O) groups excluding carboxylic acids is 1. The van der Waals surface area contributed by atoms with Crippen LogP contribution in [-0.4, -0.2) is 37.5 Å². The van der Waals surface area contributed by atoms with Crippen LogP contribution in [0.15, 0.2) is 47.6 Å². The van der Waals surface area contributed by atoms with Crippen LogP contribution < -0.4 is 5.32 Å². The van der Waals surface area contributed by atoms with Crippen molar-refractivity contribution in [1.29, 1.82) is 0 Å². The molecule has 1 N–H and O–H groups in total. The van der Waals surface area contributed by atoms with Crippen LogP contribution in [0.3, 0.4) is 0 Å². The first-order valence-corrected chi connectivity index (χ1v) is 13.0. The zero-order chi connectivity index (χ0) is 24.2. The Morgan fingerprint density at radius 2 is 1.80 bits per heavy atom. The highest BCUT2D eigenvalue weighted by Crippen LogP contribution is 2.29. The number of hydrogen-bond acceptors (Lipinski definition) is 5. The second-order valence-corrected chi connectivity index (χ2v) is 10.1. The molecule has 35 heavy (non-hydrogen) atoms. The summed E-state index contributed by atoms with van der Waals surface area (Å²) in [6, 6.07) is 11.2. The molecule has 2 aromatic heterocycles. The molecule has 1 amide bonds. The normalized spacial score (nSPS) is 14.6. The zero-order valence-electron chi connectivity index (χ0n) is 19.3. The van der Waals surface area contributed by atoms with Gasteiger partial charge in [0, 0.05) is 30.1 Å². The lowest BCUT2D eigenvalue weighted by Gasteiger charge is -2.22. The van der Waals surface area contributed by atoms with E-state index < -0.39 is 0 Å². The molecule has 0 aliphatic heterocycles. The van der Waals surface area contributed by atoms with Gasteiger partial charge in [0.15, 0.2) is 5.65 Å². The van der Waals surface area contributed by atoms with Crippen molar-refractivity contribution in [2.24, 2.45) is 0 Å². The summed E-state index contributed by atoms with van der Waals surface area (Å²) in [6.45, 7) is 0.441. The largest absolute Gasteiger partial charge is 0.353 e. The van der Waals surface area contributed by atoms with Crippen molar-refractivity contribution in [3.63, 3.8) is 0 Å². The second kappa shape index (κ2) is 10.7. The van der Waals surface area contributed by atoms with E-state index in [-0.39, 0.29) is 17.5 Å². The highest BCUT2D eigenvalue weighted by molar-refractivity contribution is 7.99. The number of fused-ring (bicyclic) bond motifs is 3. The maximum atomic E-state index is 14.0. The summed E-state index contributed by atoms with van der Waals surface area (Å²) in [4.78, 5) is 17.0. The van der Waals surface area contributed by atoms with Gasteiger partial charge < -0.3 is 9.88 Å². The molecule has 0 saturated heterocycles. The number of hydrogen-bond donors (Lipinski definition) is 1. The van der Waals surface area contributed by atoms with Crippen LogP contribution in [-0.2, 0) is 11.3 Å². The van der Waals surface area contributed by atoms with E-state index in [0.29, 0.717) is 52.9 Å². The number of aromatic nitrogens is 4. The SMILES string of the molecule is O=C(CCCSc1nnc2c3cc(F)ccc3n(Cc3ccc(F)cc3)c2n1)NC1CCCCC1. The van der Waals surface area contributed by atoms with E-state index in [1.54, 1.807) is 18.2 Å². The molecule has 9 heteroatoms. The summed E-state index contributed by atoms with van der Waals surface area (Å²) < 4.78 is 29.3. The van der Waals surface area contributed by atoms with Crippen LogP contribution in [0.5, 0.6) is 0 Å². The Balaban J connectivity index is 1.30. The minimum Gasteiger partial charge on any atom is -0.353 e. The minimum atomic E-state index is -0.356. The summed E-state index contributed by atoms with van der Waals surface area (Å²) in [5.41, 5.74) is 2.81. The average molecular weight is 496 g/mol. The quantitative estimate of drug-likeness (QED) is 0.253. The molecular formula is C26H27F2N5OS. The van der Waals surface area contributed by atoms with Gasteiger partial charge in [-0.05, 0) is 55.2 Å². The molecule has 2 aromatic carbocycles. The van der Waals surface area contributed by atoms with E-state index in [2.05, 4.69) is 15.5 Å². The molecule has 0 spiro atoms. The predicted molar refractivity (Wildman–Crippen MR) is 133 cm³/mol. The first-order valence-electron chi connectivity index (χ1n) is 12.1. The maximum Gasteiger partial charge on any atom is 0.220 e. The van der Waals surface area contributed by atoms with Gasteiger partial charge in [-0.2, -0.15) is 0 Å². The molecule has 0 radical (unpaired) electrons. The van der Waals surface area contributed by atoms with Crippen LogP contribution >= 0.6 is 11.8 Å². The lowest BCUT2D eigenvalue weighted by Crippen LogP contribution is -2.36. The number of rotatable bonds is 8. The molecule has 182 valence electrons. The molecule has 0 bridgehead atoms. The fourth-order valence-corrected chi connectivity index (χ4v) is 5.37. The van der Waals surface area contributed by atoms with E-state index in [9.17, 15) is 13.6 Å². The van der Waals surface area contributed by atoms with Crippen molar-refractivity contribution >= 4 is 39.7 Å². The third-order valence-corrected chi connectivity index (χ3v) is 7.34. The van der Waals surface area contributed by atoms with E-state index in [1.165, 1.54) is 55.3 Å². The van der Waals surface area contributed by atoms with Gasteiger partial charge in [-0.3, -0.25) is 4.79 Å². The van der Waals surface area contributed by atoms with Gasteiger partial charge in [-0.25, -0.2) is 13.8 Å². The summed E-state index contributed by atoms with van der Waals surface area (Å²) in [5.74, 6) is 0.143.